The van der Waals surface area contributed by atoms with Crippen molar-refractivity contribution in [1.29, 1.82) is 0 Å². The van der Waals surface area contributed by atoms with E-state index in [1.165, 1.54) is 28.2 Å². The van der Waals surface area contributed by atoms with Crippen LogP contribution in [0.3, 0.4) is 0 Å². The fourth-order valence-corrected chi connectivity index (χ4v) is 4.64. The first-order chi connectivity index (χ1) is 16.2. The molecular formula is C22H27ClF3N5OS2. The standard InChI is InChI=1S/C14H14F3N5OS2.C8H13Cl/c15-14(16,17)7-23-6-9-11(25-13(22-9)20-4-2-18)12-21-8-1-3-19-5-10(8)24-12;1-4-7(3)6-8(9)5-2/h1,3,5H,2,4,6-7,18H2,(H,20,22);4,6H,5H2,1-3H3/b;7-4-,8-6+. The van der Waals surface area contributed by atoms with Gasteiger partial charge in [0.25, 0.3) is 0 Å². The van der Waals surface area contributed by atoms with Crippen molar-refractivity contribution in [3.8, 4) is 9.88 Å². The van der Waals surface area contributed by atoms with Crippen molar-refractivity contribution >= 4 is 49.6 Å². The van der Waals surface area contributed by atoms with E-state index < -0.39 is 12.8 Å². The molecule has 3 heterocycles. The zero-order chi connectivity index (χ0) is 25.1. The predicted octanol–water partition coefficient (Wildman–Crippen LogP) is 6.75. The molecule has 0 fully saturated rings. The molecule has 0 aliphatic heterocycles. The lowest BCUT2D eigenvalue weighted by Gasteiger charge is -2.06. The zero-order valence-electron chi connectivity index (χ0n) is 19.1. The summed E-state index contributed by atoms with van der Waals surface area (Å²) in [6, 6.07) is 1.78. The van der Waals surface area contributed by atoms with E-state index in [0.29, 0.717) is 33.8 Å². The van der Waals surface area contributed by atoms with Gasteiger partial charge >= 0.3 is 6.18 Å². The second-order valence-electron chi connectivity index (χ2n) is 6.96. The Hall–Kier alpha value is -2.05. The lowest BCUT2D eigenvalue weighted by atomic mass is 10.2. The maximum absolute atomic E-state index is 12.3. The first-order valence-corrected chi connectivity index (χ1v) is 12.5. The number of hydrogen-bond donors (Lipinski definition) is 2. The Morgan fingerprint density at radius 2 is 2.06 bits per heavy atom. The topological polar surface area (TPSA) is 86.0 Å². The summed E-state index contributed by atoms with van der Waals surface area (Å²) in [4.78, 5) is 13.6. The van der Waals surface area contributed by atoms with E-state index in [4.69, 9.17) is 22.1 Å². The van der Waals surface area contributed by atoms with E-state index in [9.17, 15) is 13.2 Å². The minimum Gasteiger partial charge on any atom is -0.366 e. The van der Waals surface area contributed by atoms with E-state index in [1.807, 2.05) is 32.9 Å². The van der Waals surface area contributed by atoms with Crippen molar-refractivity contribution in [2.45, 2.75) is 40.0 Å². The van der Waals surface area contributed by atoms with Gasteiger partial charge in [0.15, 0.2) is 5.13 Å². The molecule has 34 heavy (non-hydrogen) atoms. The number of aromatic nitrogens is 3. The molecule has 186 valence electrons. The summed E-state index contributed by atoms with van der Waals surface area (Å²) < 4.78 is 42.6. The van der Waals surface area contributed by atoms with Gasteiger partial charge in [-0.15, -0.1) is 11.3 Å². The number of hydrogen-bond acceptors (Lipinski definition) is 8. The third-order valence-electron chi connectivity index (χ3n) is 4.19. The minimum absolute atomic E-state index is 0.246. The summed E-state index contributed by atoms with van der Waals surface area (Å²) in [7, 11) is 0. The molecule has 0 aliphatic rings. The van der Waals surface area contributed by atoms with E-state index in [2.05, 4.69) is 20.3 Å². The van der Waals surface area contributed by atoms with E-state index >= 15 is 0 Å². The molecule has 0 spiro atoms. The highest BCUT2D eigenvalue weighted by Gasteiger charge is 2.28. The molecule has 0 unspecified atom stereocenters. The Labute approximate surface area is 209 Å². The lowest BCUT2D eigenvalue weighted by Crippen LogP contribution is -2.17. The van der Waals surface area contributed by atoms with Crippen molar-refractivity contribution in [2.24, 2.45) is 5.73 Å². The van der Waals surface area contributed by atoms with Crippen LogP contribution in [0.4, 0.5) is 18.3 Å². The highest BCUT2D eigenvalue weighted by Crippen LogP contribution is 2.38. The number of ether oxygens (including phenoxy) is 1. The van der Waals surface area contributed by atoms with Crippen LogP contribution in [0, 0.1) is 0 Å². The number of fused-ring (bicyclic) bond motifs is 1. The maximum atomic E-state index is 12.3. The molecule has 12 heteroatoms. The van der Waals surface area contributed by atoms with Gasteiger partial charge in [-0.2, -0.15) is 13.2 Å². The van der Waals surface area contributed by atoms with Gasteiger partial charge in [-0.25, -0.2) is 9.97 Å². The van der Waals surface area contributed by atoms with Gasteiger partial charge in [-0.3, -0.25) is 4.98 Å². The number of nitrogens with two attached hydrogens (primary N) is 1. The quantitative estimate of drug-likeness (QED) is 0.296. The summed E-state index contributed by atoms with van der Waals surface area (Å²) in [5.74, 6) is 0. The SMILES string of the molecule is C/C=C(C)\C=C(\Cl)CC.NCCNc1nc(COCC(F)(F)F)c(-c2nc3ccncc3s2)s1. The molecule has 3 aromatic rings. The predicted molar refractivity (Wildman–Crippen MR) is 135 cm³/mol. The number of rotatable bonds is 9. The second kappa shape index (κ2) is 13.7. The first-order valence-electron chi connectivity index (χ1n) is 10.4. The van der Waals surface area contributed by atoms with Gasteiger partial charge in [-0.1, -0.05) is 41.5 Å². The van der Waals surface area contributed by atoms with Crippen LogP contribution in [-0.2, 0) is 11.3 Å². The van der Waals surface area contributed by atoms with E-state index in [-0.39, 0.29) is 6.61 Å². The van der Waals surface area contributed by atoms with Crippen LogP contribution >= 0.6 is 34.3 Å². The number of anilines is 1. The Morgan fingerprint density at radius 1 is 1.29 bits per heavy atom. The van der Waals surface area contributed by atoms with Crippen molar-refractivity contribution < 1.29 is 17.9 Å². The summed E-state index contributed by atoms with van der Waals surface area (Å²) in [6.07, 6.45) is 3.91. The van der Waals surface area contributed by atoms with Crippen molar-refractivity contribution in [1.82, 2.24) is 15.0 Å². The van der Waals surface area contributed by atoms with Crippen LogP contribution in [0.1, 0.15) is 32.9 Å². The molecule has 0 saturated heterocycles. The zero-order valence-corrected chi connectivity index (χ0v) is 21.5. The van der Waals surface area contributed by atoms with Crippen LogP contribution in [0.2, 0.25) is 0 Å². The number of pyridine rings is 1. The molecule has 3 N–H and O–H groups in total. The van der Waals surface area contributed by atoms with Gasteiger partial charge in [0, 0.05) is 30.5 Å². The molecule has 3 aromatic heterocycles. The van der Waals surface area contributed by atoms with Crippen LogP contribution in [0.15, 0.2) is 41.2 Å². The molecule has 0 radical (unpaired) electrons. The highest BCUT2D eigenvalue weighted by molar-refractivity contribution is 7.26. The molecule has 0 aliphatic carbocycles. The maximum Gasteiger partial charge on any atom is 0.411 e. The lowest BCUT2D eigenvalue weighted by molar-refractivity contribution is -0.176. The normalized spacial score (nSPS) is 12.6. The van der Waals surface area contributed by atoms with Crippen molar-refractivity contribution in [2.75, 3.05) is 25.0 Å². The van der Waals surface area contributed by atoms with Crippen LogP contribution in [-0.4, -0.2) is 40.8 Å². The summed E-state index contributed by atoms with van der Waals surface area (Å²) >= 11 is 8.48. The van der Waals surface area contributed by atoms with Gasteiger partial charge in [-0.05, 0) is 32.4 Å². The largest absolute Gasteiger partial charge is 0.411 e. The van der Waals surface area contributed by atoms with Gasteiger partial charge in [0.1, 0.15) is 11.6 Å². The number of halogens is 4. The van der Waals surface area contributed by atoms with Crippen molar-refractivity contribution in [3.63, 3.8) is 0 Å². The molecule has 3 rings (SSSR count). The third-order valence-corrected chi connectivity index (χ3v) is 6.78. The van der Waals surface area contributed by atoms with Crippen molar-refractivity contribution in [3.05, 3.63) is 46.9 Å². The monoisotopic (exact) mass is 533 g/mol. The van der Waals surface area contributed by atoms with Crippen LogP contribution < -0.4 is 11.1 Å². The fourth-order valence-electron chi connectivity index (χ4n) is 2.44. The van der Waals surface area contributed by atoms with Gasteiger partial charge < -0.3 is 15.8 Å². The molecule has 0 saturated carbocycles. The molecule has 6 nitrogen and oxygen atoms in total. The second-order valence-corrected chi connectivity index (χ2v) is 9.47. The Balaban J connectivity index is 0.000000387. The Morgan fingerprint density at radius 3 is 2.68 bits per heavy atom. The molecule has 0 bridgehead atoms. The molecule has 0 atom stereocenters. The highest BCUT2D eigenvalue weighted by atomic mass is 35.5. The smallest absolute Gasteiger partial charge is 0.366 e. The fraction of sp³-hybridized carbons (Fsp3) is 0.409. The number of thiazole rings is 2. The van der Waals surface area contributed by atoms with Crippen LogP contribution in [0.5, 0.6) is 0 Å². The first kappa shape index (κ1) is 28.2. The average Bonchev–Trinajstić information content (AvgIpc) is 3.40. The Bertz CT molecular complexity index is 1080. The summed E-state index contributed by atoms with van der Waals surface area (Å²) in [6.45, 7) is 5.45. The number of alkyl halides is 3. The molecular weight excluding hydrogens is 507 g/mol. The average molecular weight is 534 g/mol. The van der Waals surface area contributed by atoms with Gasteiger partial charge in [0.05, 0.1) is 27.4 Å². The van der Waals surface area contributed by atoms with Gasteiger partial charge in [0.2, 0.25) is 0 Å². The Kier molecular flexibility index (Phi) is 11.4. The van der Waals surface area contributed by atoms with Crippen LogP contribution in [0.25, 0.3) is 20.1 Å². The molecule has 0 aromatic carbocycles. The third kappa shape index (κ3) is 9.30. The number of nitrogens with zero attached hydrogens (tertiary/aromatic N) is 3. The molecule has 0 amide bonds. The van der Waals surface area contributed by atoms with E-state index in [1.54, 1.807) is 18.5 Å². The minimum atomic E-state index is -4.38. The summed E-state index contributed by atoms with van der Waals surface area (Å²) in [5.41, 5.74) is 7.88. The summed E-state index contributed by atoms with van der Waals surface area (Å²) in [5, 5.41) is 5.20. The van der Waals surface area contributed by atoms with E-state index in [0.717, 1.165) is 21.7 Å². The number of nitrogens with one attached hydrogen (secondary N) is 1. The number of allylic oxidation sites excluding steroid dienone is 4.